The molecule has 0 radical (unpaired) electrons. The summed E-state index contributed by atoms with van der Waals surface area (Å²) in [6.45, 7) is 4.35. The first kappa shape index (κ1) is 24.7. The molecule has 2 heterocycles. The Kier molecular flexibility index (Phi) is 9.10. The Morgan fingerprint density at radius 1 is 1.25 bits per heavy atom. The first-order valence-corrected chi connectivity index (χ1v) is 13.5. The van der Waals surface area contributed by atoms with Crippen LogP contribution >= 0.6 is 11.3 Å². The second-order valence-corrected chi connectivity index (χ2v) is 10.9. The van der Waals surface area contributed by atoms with E-state index < -0.39 is 10.0 Å². The third-order valence-electron chi connectivity index (χ3n) is 5.71. The second kappa shape index (κ2) is 11.8. The van der Waals surface area contributed by atoms with E-state index >= 15 is 0 Å². The van der Waals surface area contributed by atoms with Crippen molar-refractivity contribution in [3.05, 3.63) is 46.2 Å². The molecule has 1 amide bonds. The minimum atomic E-state index is -3.60. The Bertz CT molecular complexity index is 991. The number of sulfonamides is 1. The van der Waals surface area contributed by atoms with E-state index in [1.165, 1.54) is 11.3 Å². The van der Waals surface area contributed by atoms with E-state index in [1.54, 1.807) is 47.1 Å². The van der Waals surface area contributed by atoms with Crippen molar-refractivity contribution in [1.82, 2.24) is 14.9 Å². The van der Waals surface area contributed by atoms with Crippen molar-refractivity contribution < 1.29 is 17.9 Å². The monoisotopic (exact) mass is 479 g/mol. The van der Waals surface area contributed by atoms with Gasteiger partial charge in [0.1, 0.15) is 5.75 Å². The number of nitrogens with one attached hydrogen (secondary N) is 2. The summed E-state index contributed by atoms with van der Waals surface area (Å²) in [7, 11) is -2.05. The van der Waals surface area contributed by atoms with Gasteiger partial charge in [-0.25, -0.2) is 8.42 Å². The van der Waals surface area contributed by atoms with Crippen LogP contribution in [0.4, 0.5) is 0 Å². The van der Waals surface area contributed by atoms with Gasteiger partial charge in [-0.1, -0.05) is 19.4 Å². The van der Waals surface area contributed by atoms with Gasteiger partial charge < -0.3 is 15.4 Å². The average molecular weight is 480 g/mol. The van der Waals surface area contributed by atoms with Crippen molar-refractivity contribution in [3.8, 4) is 5.75 Å². The van der Waals surface area contributed by atoms with E-state index in [4.69, 9.17) is 4.74 Å². The van der Waals surface area contributed by atoms with E-state index in [1.807, 2.05) is 0 Å². The van der Waals surface area contributed by atoms with Crippen molar-refractivity contribution in [1.29, 1.82) is 0 Å². The van der Waals surface area contributed by atoms with Gasteiger partial charge in [0.05, 0.1) is 18.6 Å². The number of methoxy groups -OCH3 is 1. The first-order chi connectivity index (χ1) is 15.5. The van der Waals surface area contributed by atoms with Crippen molar-refractivity contribution >= 4 is 27.3 Å². The molecular weight excluding hydrogens is 446 g/mol. The smallest absolute Gasteiger partial charge is 0.251 e. The lowest BCUT2D eigenvalue weighted by Gasteiger charge is -2.21. The maximum Gasteiger partial charge on any atom is 0.251 e. The van der Waals surface area contributed by atoms with E-state index in [0.717, 1.165) is 38.6 Å². The molecule has 7 nitrogen and oxygen atoms in total. The Hall–Kier alpha value is -1.94. The summed E-state index contributed by atoms with van der Waals surface area (Å²) in [6.07, 6.45) is 4.93. The molecule has 0 spiro atoms. The van der Waals surface area contributed by atoms with Crippen LogP contribution in [-0.2, 0) is 16.6 Å². The number of benzene rings is 1. The number of rotatable bonds is 10. The lowest BCUT2D eigenvalue weighted by Crippen LogP contribution is -2.35. The molecule has 1 aromatic heterocycles. The highest BCUT2D eigenvalue weighted by atomic mass is 32.2. The van der Waals surface area contributed by atoms with E-state index in [0.29, 0.717) is 40.2 Å². The molecule has 2 aromatic rings. The summed E-state index contributed by atoms with van der Waals surface area (Å²) in [5.74, 6) is 0.331. The van der Waals surface area contributed by atoms with E-state index in [-0.39, 0.29) is 12.5 Å². The van der Waals surface area contributed by atoms with Crippen LogP contribution in [-0.4, -0.2) is 51.4 Å². The lowest BCUT2D eigenvalue weighted by atomic mass is 10.1. The van der Waals surface area contributed by atoms with Gasteiger partial charge in [0.2, 0.25) is 10.0 Å². The number of unbranched alkanes of at least 4 members (excludes halogenated alkanes) is 1. The van der Waals surface area contributed by atoms with Gasteiger partial charge in [-0.15, -0.1) is 11.3 Å². The standard InChI is InChI=1S/C23H33N3O4S2/c1-3-4-12-24-19-8-6-13-26(14-10-19)32(28,29)22-11-15-31-21(22)17-25-23(27)18-7-5-9-20(16-18)30-2/h5,7,9,11,15-16,19,24H,3-4,6,8,10,12-14,17H2,1-2H3,(H,25,27). The van der Waals surface area contributed by atoms with Crippen molar-refractivity contribution in [2.75, 3.05) is 26.7 Å². The summed E-state index contributed by atoms with van der Waals surface area (Å²) in [5.41, 5.74) is 0.472. The van der Waals surface area contributed by atoms with Crippen LogP contribution in [0.1, 0.15) is 54.3 Å². The molecule has 3 rings (SSSR count). The van der Waals surface area contributed by atoms with Crippen molar-refractivity contribution in [2.24, 2.45) is 0 Å². The van der Waals surface area contributed by atoms with Gasteiger partial charge >= 0.3 is 0 Å². The number of hydrogen-bond acceptors (Lipinski definition) is 6. The zero-order chi connectivity index (χ0) is 23.0. The summed E-state index contributed by atoms with van der Waals surface area (Å²) in [6, 6.07) is 8.89. The highest BCUT2D eigenvalue weighted by Gasteiger charge is 2.30. The van der Waals surface area contributed by atoms with Gasteiger partial charge in [0.25, 0.3) is 5.91 Å². The molecule has 2 N–H and O–H groups in total. The van der Waals surface area contributed by atoms with Gasteiger partial charge in [0.15, 0.2) is 0 Å². The van der Waals surface area contributed by atoms with Crippen LogP contribution in [0.3, 0.4) is 0 Å². The third-order valence-corrected chi connectivity index (χ3v) is 8.75. The summed E-state index contributed by atoms with van der Waals surface area (Å²) >= 11 is 1.35. The number of ether oxygens (including phenoxy) is 1. The van der Waals surface area contributed by atoms with Crippen LogP contribution in [0.15, 0.2) is 40.6 Å². The molecule has 32 heavy (non-hydrogen) atoms. The number of thiophene rings is 1. The molecule has 176 valence electrons. The summed E-state index contributed by atoms with van der Waals surface area (Å²) in [5, 5.41) is 8.17. The number of amides is 1. The Labute approximate surface area is 195 Å². The zero-order valence-electron chi connectivity index (χ0n) is 18.8. The van der Waals surface area contributed by atoms with Crippen LogP contribution in [0.2, 0.25) is 0 Å². The minimum absolute atomic E-state index is 0.164. The number of carbonyl (C=O) groups is 1. The normalized spacial score (nSPS) is 17.6. The fourth-order valence-corrected chi connectivity index (χ4v) is 6.70. The molecule has 1 aromatic carbocycles. The summed E-state index contributed by atoms with van der Waals surface area (Å²) in [4.78, 5) is 13.5. The predicted octanol–water partition coefficient (Wildman–Crippen LogP) is 3.62. The molecule has 1 aliphatic heterocycles. The molecule has 0 bridgehead atoms. The van der Waals surface area contributed by atoms with Crippen LogP contribution < -0.4 is 15.4 Å². The highest BCUT2D eigenvalue weighted by molar-refractivity contribution is 7.89. The van der Waals surface area contributed by atoms with E-state index in [9.17, 15) is 13.2 Å². The van der Waals surface area contributed by atoms with Crippen molar-refractivity contribution in [2.45, 2.75) is 56.5 Å². The fourth-order valence-electron chi connectivity index (χ4n) is 3.85. The van der Waals surface area contributed by atoms with E-state index in [2.05, 4.69) is 17.6 Å². The molecule has 1 aliphatic rings. The molecule has 1 fully saturated rings. The fraction of sp³-hybridized carbons (Fsp3) is 0.522. The largest absolute Gasteiger partial charge is 0.497 e. The number of carbonyl (C=O) groups excluding carboxylic acids is 1. The Balaban J connectivity index is 1.63. The number of hydrogen-bond donors (Lipinski definition) is 2. The lowest BCUT2D eigenvalue weighted by molar-refractivity contribution is 0.0950. The topological polar surface area (TPSA) is 87.7 Å². The van der Waals surface area contributed by atoms with Gasteiger partial charge in [-0.05, 0) is 61.9 Å². The molecule has 9 heteroatoms. The molecule has 0 aliphatic carbocycles. The third kappa shape index (κ3) is 6.31. The van der Waals surface area contributed by atoms with Crippen LogP contribution in [0, 0.1) is 0 Å². The molecular formula is C23H33N3O4S2. The molecule has 1 saturated heterocycles. The molecule has 1 atom stereocenters. The zero-order valence-corrected chi connectivity index (χ0v) is 20.4. The molecule has 0 saturated carbocycles. The minimum Gasteiger partial charge on any atom is -0.497 e. The Morgan fingerprint density at radius 3 is 2.88 bits per heavy atom. The maximum absolute atomic E-state index is 13.4. The van der Waals surface area contributed by atoms with Crippen LogP contribution in [0.25, 0.3) is 0 Å². The second-order valence-electron chi connectivity index (χ2n) is 7.96. The predicted molar refractivity (Wildman–Crippen MR) is 128 cm³/mol. The quantitative estimate of drug-likeness (QED) is 0.508. The Morgan fingerprint density at radius 2 is 2.09 bits per heavy atom. The van der Waals surface area contributed by atoms with Gasteiger partial charge in [-0.2, -0.15) is 4.31 Å². The summed E-state index contributed by atoms with van der Waals surface area (Å²) < 4.78 is 33.5. The van der Waals surface area contributed by atoms with Crippen molar-refractivity contribution in [3.63, 3.8) is 0 Å². The highest BCUT2D eigenvalue weighted by Crippen LogP contribution is 2.27. The van der Waals surface area contributed by atoms with Gasteiger partial charge in [-0.3, -0.25) is 4.79 Å². The SMILES string of the molecule is CCCCNC1CCCN(S(=O)(=O)c2ccsc2CNC(=O)c2cccc(OC)c2)CC1. The first-order valence-electron chi connectivity index (χ1n) is 11.2. The van der Waals surface area contributed by atoms with Gasteiger partial charge in [0, 0.05) is 29.6 Å². The number of nitrogens with zero attached hydrogens (tertiary/aromatic N) is 1. The maximum atomic E-state index is 13.4. The molecule has 1 unspecified atom stereocenters. The van der Waals surface area contributed by atoms with Crippen LogP contribution in [0.5, 0.6) is 5.75 Å². The average Bonchev–Trinajstić information content (AvgIpc) is 3.16.